The highest BCUT2D eigenvalue weighted by Gasteiger charge is 2.21. The first kappa shape index (κ1) is 10.5. The van der Waals surface area contributed by atoms with Crippen molar-refractivity contribution >= 4 is 5.97 Å². The molecule has 1 fully saturated rings. The molecule has 1 aliphatic rings. The highest BCUT2D eigenvalue weighted by molar-refractivity contribution is 5.69. The lowest BCUT2D eigenvalue weighted by molar-refractivity contribution is -0.144. The van der Waals surface area contributed by atoms with Crippen LogP contribution in [0.25, 0.3) is 0 Å². The summed E-state index contributed by atoms with van der Waals surface area (Å²) in [6.45, 7) is 2.29. The largest absolute Gasteiger partial charge is 0.466 e. The molecule has 0 spiro atoms. The average molecular weight is 186 g/mol. The fraction of sp³-hybridized carbons (Fsp3) is 0.900. The number of esters is 1. The van der Waals surface area contributed by atoms with Gasteiger partial charge in [-0.3, -0.25) is 4.79 Å². The van der Waals surface area contributed by atoms with Crippen LogP contribution in [0.15, 0.2) is 0 Å². The van der Waals surface area contributed by atoms with Crippen LogP contribution >= 0.6 is 0 Å². The van der Waals surface area contributed by atoms with Gasteiger partial charge < -0.3 is 9.84 Å². The molecular weight excluding hydrogens is 168 g/mol. The van der Waals surface area contributed by atoms with E-state index < -0.39 is 0 Å². The van der Waals surface area contributed by atoms with Gasteiger partial charge in [0.1, 0.15) is 0 Å². The number of carbonyl (C=O) groups excluding carboxylic acids is 1. The number of carbonyl (C=O) groups is 1. The van der Waals surface area contributed by atoms with E-state index in [-0.39, 0.29) is 12.1 Å². The van der Waals surface area contributed by atoms with Gasteiger partial charge in [0, 0.05) is 6.42 Å². The Balaban J connectivity index is 2.18. The summed E-state index contributed by atoms with van der Waals surface area (Å²) in [7, 11) is 0. The molecule has 13 heavy (non-hydrogen) atoms. The van der Waals surface area contributed by atoms with Crippen molar-refractivity contribution in [2.45, 2.75) is 45.1 Å². The molecule has 0 radical (unpaired) electrons. The van der Waals surface area contributed by atoms with E-state index in [0.29, 0.717) is 18.9 Å². The van der Waals surface area contributed by atoms with E-state index in [9.17, 15) is 9.90 Å². The van der Waals surface area contributed by atoms with Gasteiger partial charge in [-0.15, -0.1) is 0 Å². The fourth-order valence-corrected chi connectivity index (χ4v) is 1.80. The highest BCUT2D eigenvalue weighted by Crippen LogP contribution is 2.26. The van der Waals surface area contributed by atoms with Crippen molar-refractivity contribution in [2.75, 3.05) is 6.61 Å². The maximum atomic E-state index is 11.1. The zero-order valence-electron chi connectivity index (χ0n) is 8.16. The van der Waals surface area contributed by atoms with Gasteiger partial charge in [-0.2, -0.15) is 0 Å². The molecule has 0 atom stereocenters. The van der Waals surface area contributed by atoms with E-state index in [4.69, 9.17) is 4.74 Å². The van der Waals surface area contributed by atoms with Crippen LogP contribution in [0, 0.1) is 5.92 Å². The van der Waals surface area contributed by atoms with Crippen LogP contribution in [0.3, 0.4) is 0 Å². The second-order valence-corrected chi connectivity index (χ2v) is 3.68. The molecule has 0 aromatic rings. The van der Waals surface area contributed by atoms with Crippen LogP contribution < -0.4 is 0 Å². The molecule has 0 aromatic carbocycles. The minimum atomic E-state index is -0.140. The first-order valence-electron chi connectivity index (χ1n) is 5.06. The third-order valence-corrected chi connectivity index (χ3v) is 2.58. The van der Waals surface area contributed by atoms with Gasteiger partial charge in [0.2, 0.25) is 0 Å². The smallest absolute Gasteiger partial charge is 0.306 e. The topological polar surface area (TPSA) is 46.5 Å². The third kappa shape index (κ3) is 3.77. The number of hydrogen-bond acceptors (Lipinski definition) is 3. The van der Waals surface area contributed by atoms with E-state index in [1.54, 1.807) is 0 Å². The lowest BCUT2D eigenvalue weighted by atomic mass is 9.85. The number of hydrogen-bond donors (Lipinski definition) is 1. The predicted octanol–water partition coefficient (Wildman–Crippen LogP) is 1.49. The summed E-state index contributed by atoms with van der Waals surface area (Å²) in [6.07, 6.45) is 3.98. The Hall–Kier alpha value is -0.570. The summed E-state index contributed by atoms with van der Waals surface area (Å²) in [5.74, 6) is 0.339. The molecule has 0 aromatic heterocycles. The minimum Gasteiger partial charge on any atom is -0.466 e. The summed E-state index contributed by atoms with van der Waals surface area (Å²) in [6, 6.07) is 0. The summed E-state index contributed by atoms with van der Waals surface area (Å²) in [5.41, 5.74) is 0. The first-order chi connectivity index (χ1) is 6.22. The Morgan fingerprint density at radius 2 is 2.00 bits per heavy atom. The first-order valence-corrected chi connectivity index (χ1v) is 5.06. The lowest BCUT2D eigenvalue weighted by Gasteiger charge is -2.24. The molecule has 3 nitrogen and oxygen atoms in total. The monoisotopic (exact) mass is 186 g/mol. The molecular formula is C10H18O3. The SMILES string of the molecule is CCOC(=O)C[C@H]1CC[C@H](O)CC1. The van der Waals surface area contributed by atoms with Crippen LogP contribution in [0.4, 0.5) is 0 Å². The van der Waals surface area contributed by atoms with Gasteiger partial charge in [0.05, 0.1) is 12.7 Å². The van der Waals surface area contributed by atoms with Crippen molar-refractivity contribution in [3.63, 3.8) is 0 Å². The molecule has 1 N–H and O–H groups in total. The molecule has 0 amide bonds. The molecule has 0 saturated heterocycles. The maximum absolute atomic E-state index is 11.1. The minimum absolute atomic E-state index is 0.0936. The standard InChI is InChI=1S/C10H18O3/c1-2-13-10(12)7-8-3-5-9(11)6-4-8/h8-9,11H,2-7H2,1H3/t8-,9-. The zero-order valence-corrected chi connectivity index (χ0v) is 8.16. The Morgan fingerprint density at radius 3 is 2.54 bits per heavy atom. The second-order valence-electron chi connectivity index (χ2n) is 3.68. The van der Waals surface area contributed by atoms with Gasteiger partial charge >= 0.3 is 5.97 Å². The van der Waals surface area contributed by atoms with Gasteiger partial charge in [0.25, 0.3) is 0 Å². The van der Waals surface area contributed by atoms with E-state index in [0.717, 1.165) is 25.7 Å². The van der Waals surface area contributed by atoms with Gasteiger partial charge in [-0.25, -0.2) is 0 Å². The Morgan fingerprint density at radius 1 is 1.38 bits per heavy atom. The Kier molecular flexibility index (Phi) is 4.22. The number of aliphatic hydroxyl groups excluding tert-OH is 1. The molecule has 1 aliphatic carbocycles. The van der Waals surface area contributed by atoms with Crippen molar-refractivity contribution in [3.8, 4) is 0 Å². The zero-order chi connectivity index (χ0) is 9.68. The van der Waals surface area contributed by atoms with Crippen LogP contribution in [-0.2, 0) is 9.53 Å². The second kappa shape index (κ2) is 5.22. The van der Waals surface area contributed by atoms with Crippen LogP contribution in [0.2, 0.25) is 0 Å². The number of rotatable bonds is 3. The van der Waals surface area contributed by atoms with Crippen molar-refractivity contribution in [3.05, 3.63) is 0 Å². The Bertz CT molecular complexity index is 160. The molecule has 1 saturated carbocycles. The van der Waals surface area contributed by atoms with E-state index in [2.05, 4.69) is 0 Å². The van der Waals surface area contributed by atoms with Crippen molar-refractivity contribution in [2.24, 2.45) is 5.92 Å². The Labute approximate surface area is 79.1 Å². The van der Waals surface area contributed by atoms with Crippen molar-refractivity contribution < 1.29 is 14.6 Å². The molecule has 76 valence electrons. The number of ether oxygens (including phenoxy) is 1. The fourth-order valence-electron chi connectivity index (χ4n) is 1.80. The summed E-state index contributed by atoms with van der Waals surface area (Å²) in [4.78, 5) is 11.1. The maximum Gasteiger partial charge on any atom is 0.306 e. The third-order valence-electron chi connectivity index (χ3n) is 2.58. The normalized spacial score (nSPS) is 28.5. The predicted molar refractivity (Wildman–Crippen MR) is 49.2 cm³/mol. The van der Waals surface area contributed by atoms with Crippen LogP contribution in [-0.4, -0.2) is 23.8 Å². The molecule has 1 rings (SSSR count). The molecule has 0 aliphatic heterocycles. The van der Waals surface area contributed by atoms with Gasteiger partial charge in [-0.05, 0) is 38.5 Å². The van der Waals surface area contributed by atoms with E-state index >= 15 is 0 Å². The van der Waals surface area contributed by atoms with Gasteiger partial charge in [0.15, 0.2) is 0 Å². The quantitative estimate of drug-likeness (QED) is 0.679. The molecule has 0 bridgehead atoms. The van der Waals surface area contributed by atoms with Crippen molar-refractivity contribution in [1.82, 2.24) is 0 Å². The van der Waals surface area contributed by atoms with Crippen LogP contribution in [0.1, 0.15) is 39.0 Å². The summed E-state index contributed by atoms with van der Waals surface area (Å²) >= 11 is 0. The summed E-state index contributed by atoms with van der Waals surface area (Å²) in [5, 5.41) is 9.25. The number of aliphatic hydroxyl groups is 1. The highest BCUT2D eigenvalue weighted by atomic mass is 16.5. The average Bonchev–Trinajstić information content (AvgIpc) is 2.09. The van der Waals surface area contributed by atoms with E-state index in [1.807, 2.05) is 6.92 Å². The molecule has 0 unspecified atom stereocenters. The van der Waals surface area contributed by atoms with Gasteiger partial charge in [-0.1, -0.05) is 0 Å². The lowest BCUT2D eigenvalue weighted by Crippen LogP contribution is -2.21. The van der Waals surface area contributed by atoms with Crippen molar-refractivity contribution in [1.29, 1.82) is 0 Å². The molecule has 0 heterocycles. The van der Waals surface area contributed by atoms with E-state index in [1.165, 1.54) is 0 Å². The summed E-state index contributed by atoms with van der Waals surface area (Å²) < 4.78 is 4.87. The molecule has 3 heteroatoms. The van der Waals surface area contributed by atoms with Crippen LogP contribution in [0.5, 0.6) is 0 Å².